The Balaban J connectivity index is 2.66. The van der Waals surface area contributed by atoms with E-state index >= 15 is 0 Å². The average Bonchev–Trinajstić information content (AvgIpc) is 2.76. The van der Waals surface area contributed by atoms with Gasteiger partial charge in [-0.15, -0.1) is 11.3 Å². The molecule has 1 nitrogen and oxygen atoms in total. The highest BCUT2D eigenvalue weighted by molar-refractivity contribution is 8.00. The number of fused-ring (bicyclic) bond motifs is 1. The first-order chi connectivity index (χ1) is 9.50. The van der Waals surface area contributed by atoms with E-state index in [2.05, 4.69) is 4.98 Å². The summed E-state index contributed by atoms with van der Waals surface area (Å²) in [5.74, 6) is 0. The van der Waals surface area contributed by atoms with E-state index in [0.29, 0.717) is 16.5 Å². The second kappa shape index (κ2) is 5.01. The molecule has 116 valence electrons. The van der Waals surface area contributed by atoms with Crippen molar-refractivity contribution >= 4 is 33.3 Å². The molecule has 1 aromatic carbocycles. The van der Waals surface area contributed by atoms with Crippen LogP contribution in [0.5, 0.6) is 0 Å². The maximum atomic E-state index is 13.9. The van der Waals surface area contributed by atoms with Crippen LogP contribution in [0.15, 0.2) is 22.5 Å². The van der Waals surface area contributed by atoms with Gasteiger partial charge in [-0.1, -0.05) is 17.8 Å². The summed E-state index contributed by atoms with van der Waals surface area (Å²) in [5, 5.41) is 0. The van der Waals surface area contributed by atoms with Crippen molar-refractivity contribution in [3.05, 3.63) is 23.8 Å². The number of thioether (sulfide) groups is 1. The zero-order valence-electron chi connectivity index (χ0n) is 10.1. The maximum absolute atomic E-state index is 13.9. The molecule has 1 heterocycles. The number of halogens is 7. The summed E-state index contributed by atoms with van der Waals surface area (Å²) in [7, 11) is 0. The highest BCUT2D eigenvalue weighted by Crippen LogP contribution is 2.53. The fourth-order valence-electron chi connectivity index (χ4n) is 1.69. The van der Waals surface area contributed by atoms with Crippen molar-refractivity contribution in [1.29, 1.82) is 0 Å². The zero-order valence-corrected chi connectivity index (χ0v) is 11.8. The number of rotatable bonds is 2. The zero-order chi connectivity index (χ0) is 16.1. The average molecular weight is 349 g/mol. The molecule has 10 heteroatoms. The second-order valence-corrected chi connectivity index (χ2v) is 6.10. The second-order valence-electron chi connectivity index (χ2n) is 4.02. The Morgan fingerprint density at radius 1 is 1.00 bits per heavy atom. The van der Waals surface area contributed by atoms with Crippen LogP contribution < -0.4 is 0 Å². The highest BCUT2D eigenvalue weighted by atomic mass is 32.2. The van der Waals surface area contributed by atoms with Gasteiger partial charge in [0.2, 0.25) is 0 Å². The largest absolute Gasteiger partial charge is 0.435 e. The topological polar surface area (TPSA) is 12.9 Å². The summed E-state index contributed by atoms with van der Waals surface area (Å²) in [4.78, 5) is 3.98. The van der Waals surface area contributed by atoms with Crippen molar-refractivity contribution < 1.29 is 30.7 Å². The van der Waals surface area contributed by atoms with Crippen molar-refractivity contribution in [2.75, 3.05) is 6.26 Å². The number of hydrogen-bond donors (Lipinski definition) is 0. The van der Waals surface area contributed by atoms with Crippen LogP contribution >= 0.6 is 23.1 Å². The smallest absolute Gasteiger partial charge is 0.230 e. The Morgan fingerprint density at radius 2 is 1.57 bits per heavy atom. The molecule has 0 amide bonds. The van der Waals surface area contributed by atoms with Gasteiger partial charge in [-0.25, -0.2) is 9.37 Å². The molecule has 1 aromatic heterocycles. The van der Waals surface area contributed by atoms with E-state index in [9.17, 15) is 30.7 Å². The molecule has 2 rings (SSSR count). The predicted octanol–water partition coefficient (Wildman–Crippen LogP) is 5.31. The number of thiazole rings is 1. The normalized spacial score (nSPS) is 13.9. The van der Waals surface area contributed by atoms with Gasteiger partial charge >= 0.3 is 18.0 Å². The lowest BCUT2D eigenvalue weighted by atomic mass is 9.94. The summed E-state index contributed by atoms with van der Waals surface area (Å²) < 4.78 is 90.3. The first-order valence-electron chi connectivity index (χ1n) is 5.28. The van der Waals surface area contributed by atoms with Crippen molar-refractivity contribution in [2.45, 2.75) is 22.4 Å². The third kappa shape index (κ3) is 2.59. The van der Waals surface area contributed by atoms with E-state index in [1.165, 1.54) is 11.8 Å². The molecule has 0 aliphatic rings. The van der Waals surface area contributed by atoms with Gasteiger partial charge in [0.1, 0.15) is 0 Å². The van der Waals surface area contributed by atoms with Crippen molar-refractivity contribution in [3.63, 3.8) is 0 Å². The Kier molecular flexibility index (Phi) is 3.90. The molecular formula is C11H6F7NS2. The fraction of sp³-hybridized carbons (Fsp3) is 0.364. The van der Waals surface area contributed by atoms with Gasteiger partial charge in [-0.05, 0) is 18.4 Å². The minimum Gasteiger partial charge on any atom is -0.230 e. The third-order valence-electron chi connectivity index (χ3n) is 2.72. The lowest BCUT2D eigenvalue weighted by molar-refractivity contribution is -0.348. The van der Waals surface area contributed by atoms with Gasteiger partial charge in [-0.2, -0.15) is 26.3 Å². The van der Waals surface area contributed by atoms with Crippen LogP contribution in [0.2, 0.25) is 0 Å². The molecule has 0 unspecified atom stereocenters. The number of hydrogen-bond acceptors (Lipinski definition) is 3. The molecule has 21 heavy (non-hydrogen) atoms. The minimum atomic E-state index is -6.11. The van der Waals surface area contributed by atoms with E-state index in [-0.39, 0.29) is 10.2 Å². The number of alkyl halides is 7. The highest BCUT2D eigenvalue weighted by Gasteiger charge is 2.73. The summed E-state index contributed by atoms with van der Waals surface area (Å²) in [6.45, 7) is 0. The summed E-state index contributed by atoms with van der Waals surface area (Å²) in [6.07, 6.45) is -10.6. The first-order valence-corrected chi connectivity index (χ1v) is 7.32. The summed E-state index contributed by atoms with van der Waals surface area (Å²) >= 11 is 2.09. The van der Waals surface area contributed by atoms with Crippen LogP contribution in [-0.2, 0) is 5.67 Å². The third-order valence-corrected chi connectivity index (χ3v) is 4.73. The van der Waals surface area contributed by atoms with Gasteiger partial charge in [0, 0.05) is 5.56 Å². The van der Waals surface area contributed by atoms with Crippen LogP contribution in [0, 0.1) is 0 Å². The van der Waals surface area contributed by atoms with Gasteiger partial charge in [0.25, 0.3) is 0 Å². The first kappa shape index (κ1) is 16.3. The van der Waals surface area contributed by atoms with Gasteiger partial charge < -0.3 is 0 Å². The van der Waals surface area contributed by atoms with Crippen molar-refractivity contribution in [1.82, 2.24) is 4.98 Å². The summed E-state index contributed by atoms with van der Waals surface area (Å²) in [5.41, 5.74) is -6.68. The molecule has 0 atom stereocenters. The van der Waals surface area contributed by atoms with Gasteiger partial charge in [0.15, 0.2) is 4.34 Å². The maximum Gasteiger partial charge on any atom is 0.435 e. The number of benzene rings is 1. The molecule has 0 N–H and O–H groups in total. The van der Waals surface area contributed by atoms with Crippen LogP contribution in [0.1, 0.15) is 5.56 Å². The van der Waals surface area contributed by atoms with Crippen molar-refractivity contribution in [2.24, 2.45) is 0 Å². The molecule has 0 bridgehead atoms. The Labute approximate surface area is 122 Å². The number of aromatic nitrogens is 1. The molecular weight excluding hydrogens is 343 g/mol. The quantitative estimate of drug-likeness (QED) is 0.538. The van der Waals surface area contributed by atoms with E-state index in [0.717, 1.165) is 17.4 Å². The van der Waals surface area contributed by atoms with Crippen LogP contribution in [0.4, 0.5) is 30.7 Å². The van der Waals surface area contributed by atoms with E-state index in [4.69, 9.17) is 0 Å². The van der Waals surface area contributed by atoms with Crippen LogP contribution in [0.3, 0.4) is 0 Å². The standard InChI is InChI=1S/C11H6F7NS2/c1-20-8-19-6-3-2-5(4-7(6)21-8)9(12,10(13,14)15)11(16,17)18/h2-4H,1H3. The Bertz CT molecular complexity index is 645. The Morgan fingerprint density at radius 3 is 2.05 bits per heavy atom. The molecule has 0 aliphatic heterocycles. The van der Waals surface area contributed by atoms with E-state index in [1.54, 1.807) is 6.26 Å². The Hall–Kier alpha value is -1.03. The minimum absolute atomic E-state index is 0.0624. The van der Waals surface area contributed by atoms with Crippen LogP contribution in [0.25, 0.3) is 10.2 Å². The van der Waals surface area contributed by atoms with Crippen molar-refractivity contribution in [3.8, 4) is 0 Å². The SMILES string of the molecule is CSc1nc2ccc(C(F)(C(F)(F)F)C(F)(F)F)cc2s1. The van der Waals surface area contributed by atoms with E-state index < -0.39 is 23.6 Å². The van der Waals surface area contributed by atoms with Crippen LogP contribution in [-0.4, -0.2) is 23.6 Å². The van der Waals surface area contributed by atoms with E-state index in [1.807, 2.05) is 0 Å². The molecule has 0 saturated carbocycles. The molecule has 0 saturated heterocycles. The molecule has 0 fully saturated rings. The van der Waals surface area contributed by atoms with Gasteiger partial charge in [0.05, 0.1) is 10.2 Å². The predicted molar refractivity (Wildman–Crippen MR) is 66.3 cm³/mol. The number of nitrogens with zero attached hydrogens (tertiary/aromatic N) is 1. The molecule has 2 aromatic rings. The molecule has 0 radical (unpaired) electrons. The fourth-order valence-corrected chi connectivity index (χ4v) is 3.22. The lowest BCUT2D eigenvalue weighted by Crippen LogP contribution is -2.50. The molecule has 0 spiro atoms. The monoisotopic (exact) mass is 349 g/mol. The van der Waals surface area contributed by atoms with Gasteiger partial charge in [-0.3, -0.25) is 0 Å². The lowest BCUT2D eigenvalue weighted by Gasteiger charge is -2.30. The summed E-state index contributed by atoms with van der Waals surface area (Å²) in [6, 6.07) is 1.97. The molecule has 0 aliphatic carbocycles.